The van der Waals surface area contributed by atoms with E-state index in [9.17, 15) is 5.11 Å². The normalized spacial score (nSPS) is 39.1. The topological polar surface area (TPSA) is 20.2 Å². The number of aliphatic hydroxyl groups is 1. The van der Waals surface area contributed by atoms with Gasteiger partial charge in [0.25, 0.3) is 0 Å². The van der Waals surface area contributed by atoms with E-state index >= 15 is 0 Å². The summed E-state index contributed by atoms with van der Waals surface area (Å²) in [6.07, 6.45) is 14.4. The Bertz CT molecular complexity index is 426. The SMILES string of the molecule is C=CCC(CC)C1CCC(C=C)C1C(C=C)C1CC(O)CCC1C. The van der Waals surface area contributed by atoms with Crippen molar-refractivity contribution in [2.24, 2.45) is 41.4 Å². The van der Waals surface area contributed by atoms with E-state index in [4.69, 9.17) is 0 Å². The van der Waals surface area contributed by atoms with Gasteiger partial charge in [-0.25, -0.2) is 0 Å². The molecule has 2 aliphatic rings. The molecule has 24 heavy (non-hydrogen) atoms. The van der Waals surface area contributed by atoms with Crippen molar-refractivity contribution in [1.29, 1.82) is 0 Å². The second kappa shape index (κ2) is 9.04. The van der Waals surface area contributed by atoms with Crippen LogP contribution in [0.4, 0.5) is 0 Å². The molecule has 0 spiro atoms. The van der Waals surface area contributed by atoms with Crippen molar-refractivity contribution in [2.45, 2.75) is 64.9 Å². The molecule has 0 aliphatic heterocycles. The summed E-state index contributed by atoms with van der Waals surface area (Å²) in [6, 6.07) is 0. The molecule has 8 atom stereocenters. The fourth-order valence-corrected chi connectivity index (χ4v) is 5.83. The van der Waals surface area contributed by atoms with Gasteiger partial charge in [-0.05, 0) is 80.0 Å². The van der Waals surface area contributed by atoms with Crippen molar-refractivity contribution in [2.75, 3.05) is 0 Å². The Hall–Kier alpha value is -0.820. The summed E-state index contributed by atoms with van der Waals surface area (Å²) in [7, 11) is 0. The van der Waals surface area contributed by atoms with E-state index in [2.05, 4.69) is 51.8 Å². The second-order valence-electron chi connectivity index (χ2n) is 8.33. The fraction of sp³-hybridized carbons (Fsp3) is 0.739. The quantitative estimate of drug-likeness (QED) is 0.540. The molecule has 2 saturated carbocycles. The Morgan fingerprint density at radius 2 is 1.83 bits per heavy atom. The first-order valence-electron chi connectivity index (χ1n) is 10.1. The van der Waals surface area contributed by atoms with Crippen molar-refractivity contribution in [3.8, 4) is 0 Å². The van der Waals surface area contributed by atoms with Gasteiger partial charge in [0.15, 0.2) is 0 Å². The zero-order valence-electron chi connectivity index (χ0n) is 15.9. The van der Waals surface area contributed by atoms with Gasteiger partial charge in [0.2, 0.25) is 0 Å². The minimum atomic E-state index is -0.120. The van der Waals surface area contributed by atoms with E-state index in [-0.39, 0.29) is 6.10 Å². The lowest BCUT2D eigenvalue weighted by atomic mass is 9.62. The highest BCUT2D eigenvalue weighted by atomic mass is 16.3. The van der Waals surface area contributed by atoms with E-state index < -0.39 is 0 Å². The molecule has 1 nitrogen and oxygen atoms in total. The zero-order valence-corrected chi connectivity index (χ0v) is 15.9. The second-order valence-corrected chi connectivity index (χ2v) is 8.33. The minimum Gasteiger partial charge on any atom is -0.393 e. The van der Waals surface area contributed by atoms with Gasteiger partial charge in [0.05, 0.1) is 6.10 Å². The van der Waals surface area contributed by atoms with E-state index in [1.54, 1.807) is 0 Å². The van der Waals surface area contributed by atoms with Crippen LogP contribution in [0.5, 0.6) is 0 Å². The molecule has 0 radical (unpaired) electrons. The highest BCUT2D eigenvalue weighted by Crippen LogP contribution is 2.52. The predicted molar refractivity (Wildman–Crippen MR) is 105 cm³/mol. The first-order chi connectivity index (χ1) is 11.6. The van der Waals surface area contributed by atoms with Gasteiger partial charge in [0.1, 0.15) is 0 Å². The van der Waals surface area contributed by atoms with E-state index in [1.165, 1.54) is 19.3 Å². The fourth-order valence-electron chi connectivity index (χ4n) is 5.83. The van der Waals surface area contributed by atoms with Crippen LogP contribution >= 0.6 is 0 Å². The molecule has 0 amide bonds. The lowest BCUT2D eigenvalue weighted by molar-refractivity contribution is 0.0297. The smallest absolute Gasteiger partial charge is 0.0543 e. The monoisotopic (exact) mass is 330 g/mol. The maximum atomic E-state index is 10.2. The van der Waals surface area contributed by atoms with Crippen LogP contribution in [0.15, 0.2) is 38.0 Å². The first kappa shape index (κ1) is 19.5. The van der Waals surface area contributed by atoms with Crippen molar-refractivity contribution in [3.63, 3.8) is 0 Å². The van der Waals surface area contributed by atoms with Gasteiger partial charge >= 0.3 is 0 Å². The molecule has 0 heterocycles. The van der Waals surface area contributed by atoms with Crippen molar-refractivity contribution in [1.82, 2.24) is 0 Å². The van der Waals surface area contributed by atoms with Gasteiger partial charge in [-0.2, -0.15) is 0 Å². The maximum absolute atomic E-state index is 10.2. The highest BCUT2D eigenvalue weighted by molar-refractivity contribution is 5.05. The third-order valence-electron chi connectivity index (χ3n) is 7.17. The van der Waals surface area contributed by atoms with Crippen LogP contribution in [0, 0.1) is 41.4 Å². The van der Waals surface area contributed by atoms with Crippen LogP contribution in [0.25, 0.3) is 0 Å². The third-order valence-corrected chi connectivity index (χ3v) is 7.17. The first-order valence-corrected chi connectivity index (χ1v) is 10.1. The number of hydrogen-bond donors (Lipinski definition) is 1. The number of allylic oxidation sites excluding steroid dienone is 3. The molecule has 0 aromatic heterocycles. The Labute approximate surface area is 149 Å². The molecule has 0 bridgehead atoms. The molecule has 8 unspecified atom stereocenters. The lowest BCUT2D eigenvalue weighted by Crippen LogP contribution is -2.38. The highest BCUT2D eigenvalue weighted by Gasteiger charge is 2.45. The van der Waals surface area contributed by atoms with Gasteiger partial charge in [-0.15, -0.1) is 19.7 Å². The van der Waals surface area contributed by atoms with E-state index in [0.717, 1.165) is 37.5 Å². The minimum absolute atomic E-state index is 0.120. The molecule has 2 rings (SSSR count). The number of rotatable bonds is 8. The Morgan fingerprint density at radius 1 is 1.08 bits per heavy atom. The molecular formula is C23H38O. The summed E-state index contributed by atoms with van der Waals surface area (Å²) in [4.78, 5) is 0. The van der Waals surface area contributed by atoms with Gasteiger partial charge in [-0.1, -0.05) is 38.5 Å². The summed E-state index contributed by atoms with van der Waals surface area (Å²) in [5.74, 6) is 4.47. The number of aliphatic hydroxyl groups excluding tert-OH is 1. The van der Waals surface area contributed by atoms with Crippen LogP contribution in [0.3, 0.4) is 0 Å². The maximum Gasteiger partial charge on any atom is 0.0543 e. The molecule has 1 heteroatoms. The Balaban J connectivity index is 2.27. The standard InChI is InChI=1S/C23H38O/c1-6-10-17(7-2)21-14-12-18(8-3)23(21)20(9-4)22-15-19(24)13-11-16(22)5/h6,8-9,16-24H,1,3-4,7,10-15H2,2,5H3. The summed E-state index contributed by atoms with van der Waals surface area (Å²) < 4.78 is 0. The largest absolute Gasteiger partial charge is 0.393 e. The molecule has 2 fully saturated rings. The summed E-state index contributed by atoms with van der Waals surface area (Å²) in [6.45, 7) is 17.1. The average Bonchev–Trinajstić information content (AvgIpc) is 3.00. The Kier molecular flexibility index (Phi) is 7.34. The number of hydrogen-bond acceptors (Lipinski definition) is 1. The van der Waals surface area contributed by atoms with Crippen LogP contribution in [0.2, 0.25) is 0 Å². The Morgan fingerprint density at radius 3 is 2.42 bits per heavy atom. The van der Waals surface area contributed by atoms with Gasteiger partial charge in [0, 0.05) is 0 Å². The van der Waals surface area contributed by atoms with Crippen LogP contribution in [-0.4, -0.2) is 11.2 Å². The molecule has 136 valence electrons. The average molecular weight is 331 g/mol. The summed E-state index contributed by atoms with van der Waals surface area (Å²) >= 11 is 0. The van der Waals surface area contributed by atoms with Gasteiger partial charge in [-0.3, -0.25) is 0 Å². The molecule has 0 aromatic rings. The third kappa shape index (κ3) is 4.04. The van der Waals surface area contributed by atoms with E-state index in [1.807, 2.05) is 0 Å². The summed E-state index contributed by atoms with van der Waals surface area (Å²) in [5, 5.41) is 10.2. The van der Waals surface area contributed by atoms with Crippen molar-refractivity contribution in [3.05, 3.63) is 38.0 Å². The van der Waals surface area contributed by atoms with Crippen molar-refractivity contribution >= 4 is 0 Å². The van der Waals surface area contributed by atoms with Crippen molar-refractivity contribution < 1.29 is 5.11 Å². The molecule has 2 aliphatic carbocycles. The zero-order chi connectivity index (χ0) is 17.7. The molecular weight excluding hydrogens is 292 g/mol. The van der Waals surface area contributed by atoms with Gasteiger partial charge < -0.3 is 5.11 Å². The lowest BCUT2D eigenvalue weighted by Gasteiger charge is -2.43. The van der Waals surface area contributed by atoms with Crippen LogP contribution < -0.4 is 0 Å². The summed E-state index contributed by atoms with van der Waals surface area (Å²) in [5.41, 5.74) is 0. The van der Waals surface area contributed by atoms with Crippen LogP contribution in [0.1, 0.15) is 58.8 Å². The van der Waals surface area contributed by atoms with E-state index in [0.29, 0.717) is 29.6 Å². The van der Waals surface area contributed by atoms with Crippen LogP contribution in [-0.2, 0) is 0 Å². The molecule has 0 saturated heterocycles. The molecule has 0 aromatic carbocycles. The molecule has 1 N–H and O–H groups in total. The predicted octanol–water partition coefficient (Wildman–Crippen LogP) is 6.02.